The van der Waals surface area contributed by atoms with Gasteiger partial charge in [-0.3, -0.25) is 0 Å². The minimum Gasteiger partial charge on any atom is -0.457 e. The van der Waals surface area contributed by atoms with E-state index < -0.39 is 10.8 Å². The molecule has 0 fully saturated rings. The van der Waals surface area contributed by atoms with E-state index >= 15 is 8.78 Å². The van der Waals surface area contributed by atoms with Crippen molar-refractivity contribution in [2.75, 3.05) is 9.80 Å². The van der Waals surface area contributed by atoms with Gasteiger partial charge in [0.05, 0.1) is 33.0 Å². The summed E-state index contributed by atoms with van der Waals surface area (Å²) < 4.78 is 57.2. The van der Waals surface area contributed by atoms with Crippen LogP contribution < -0.4 is 19.3 Å². The van der Waals surface area contributed by atoms with Crippen molar-refractivity contribution < 1.29 is 27.1 Å². The summed E-state index contributed by atoms with van der Waals surface area (Å²) >= 11 is 0. The Labute approximate surface area is 599 Å². The monoisotopic (exact) mass is 1340 g/mol. The molecule has 2 aromatic heterocycles. The highest BCUT2D eigenvalue weighted by atomic mass is 19.1. The summed E-state index contributed by atoms with van der Waals surface area (Å²) in [5.74, 6) is 2.13. The second kappa shape index (κ2) is 24.7. The number of nitrogens with zero attached hydrogens (tertiary/aromatic N) is 2. The maximum atomic E-state index is 15.4. The van der Waals surface area contributed by atoms with Crippen LogP contribution in [0.4, 0.5) is 42.9 Å². The average Bonchev–Trinajstić information content (AvgIpc) is 1.54. The molecule has 0 radical (unpaired) electrons. The van der Waals surface area contributed by atoms with E-state index in [-0.39, 0.29) is 11.6 Å². The second-order valence-corrected chi connectivity index (χ2v) is 26.5. The molecule has 19 rings (SSSR count). The van der Waals surface area contributed by atoms with Crippen molar-refractivity contribution in [2.45, 2.75) is 10.8 Å². The highest BCUT2D eigenvalue weighted by molar-refractivity contribution is 6.15. The van der Waals surface area contributed by atoms with E-state index in [1.165, 1.54) is 0 Å². The first-order valence-electron chi connectivity index (χ1n) is 34.8. The number of anilines is 6. The highest BCUT2D eigenvalue weighted by Crippen LogP contribution is 2.60. The molecule has 2 aliphatic rings. The maximum Gasteiger partial charge on any atom is 0.137 e. The van der Waals surface area contributed by atoms with Crippen molar-refractivity contribution in [2.24, 2.45) is 0 Å². The average molecular weight is 1350 g/mol. The van der Waals surface area contributed by atoms with Gasteiger partial charge in [-0.25, -0.2) is 8.78 Å². The zero-order valence-electron chi connectivity index (χ0n) is 56.2. The number of fused-ring (bicyclic) bond motifs is 12. The molecule has 0 N–H and O–H groups in total. The Balaban J connectivity index is 0.804. The summed E-state index contributed by atoms with van der Waals surface area (Å²) in [6.45, 7) is 7.86. The van der Waals surface area contributed by atoms with Crippen LogP contribution in [-0.4, -0.2) is 0 Å². The Kier molecular flexibility index (Phi) is 14.6. The molecule has 2 unspecified atom stereocenters. The number of halogens is 2. The minimum atomic E-state index is -0.926. The molecule has 494 valence electrons. The van der Waals surface area contributed by atoms with Crippen LogP contribution in [0.15, 0.2) is 362 Å². The van der Waals surface area contributed by atoms with E-state index in [1.54, 1.807) is 24.3 Å². The van der Waals surface area contributed by atoms with E-state index in [0.717, 1.165) is 156 Å². The van der Waals surface area contributed by atoms with E-state index in [4.69, 9.17) is 18.3 Å². The van der Waals surface area contributed by atoms with Gasteiger partial charge in [0.15, 0.2) is 0 Å². The largest absolute Gasteiger partial charge is 0.457 e. The fourth-order valence-corrected chi connectivity index (χ4v) is 16.4. The van der Waals surface area contributed by atoms with Gasteiger partial charge in [-0.05, 0) is 236 Å². The SMILES string of the molecule is C=Cc1ccc(Oc2ccc(C3(c4ccc(F)cc4)c4ccccc4-c4ccc(N(c5ccc(N(c6ccc7c(c6)C(c6ccc(F)cc6)(c6ccc(Oc8ccc(C=C)cc8)cc6)c6ccccc6-7)c6cccc7oc8ccccc8c67)cc5)c5cccc6oc7ccccc7c56)cc43)cc2)cc1. The number of ether oxygens (including phenoxy) is 2. The molecule has 2 aliphatic carbocycles. The second-order valence-electron chi connectivity index (χ2n) is 26.5. The Morgan fingerprint density at radius 1 is 0.288 bits per heavy atom. The van der Waals surface area contributed by atoms with Crippen LogP contribution in [0.25, 0.3) is 78.3 Å². The molecule has 8 heteroatoms. The molecule has 0 bridgehead atoms. The highest BCUT2D eigenvalue weighted by Gasteiger charge is 2.48. The van der Waals surface area contributed by atoms with Gasteiger partial charge in [0.25, 0.3) is 0 Å². The predicted octanol–water partition coefficient (Wildman–Crippen LogP) is 26.3. The topological polar surface area (TPSA) is 51.2 Å². The Morgan fingerprint density at radius 2 is 0.606 bits per heavy atom. The number of hydrogen-bond acceptors (Lipinski definition) is 6. The quantitative estimate of drug-likeness (QED) is 0.0961. The number of furan rings is 2. The fourth-order valence-electron chi connectivity index (χ4n) is 16.4. The van der Waals surface area contributed by atoms with Gasteiger partial charge in [0, 0.05) is 33.5 Å². The molecule has 17 aromatic rings. The van der Waals surface area contributed by atoms with Crippen LogP contribution in [0.3, 0.4) is 0 Å². The number of rotatable bonds is 16. The molecule has 0 saturated heterocycles. The summed E-state index contributed by atoms with van der Waals surface area (Å²) in [6, 6.07) is 115. The smallest absolute Gasteiger partial charge is 0.137 e. The Hall–Kier alpha value is -13.6. The van der Waals surface area contributed by atoms with Crippen molar-refractivity contribution in [1.82, 2.24) is 0 Å². The molecule has 0 spiro atoms. The number of hydrogen-bond donors (Lipinski definition) is 0. The van der Waals surface area contributed by atoms with Gasteiger partial charge in [0.2, 0.25) is 0 Å². The van der Waals surface area contributed by atoms with Crippen LogP contribution in [0.2, 0.25) is 0 Å². The first-order chi connectivity index (χ1) is 51.2. The third-order valence-electron chi connectivity index (χ3n) is 21.0. The normalized spacial score (nSPS) is 14.8. The van der Waals surface area contributed by atoms with Crippen LogP contribution >= 0.6 is 0 Å². The standard InChI is InChI=1S/C96H62F2N2O4/c1-3-61-27-49-73(50-28-61)101-75-53-35-65(36-54-75)95(63-31-39-67(97)40-32-63)83-19-9-5-15-77(83)79-57-47-71(59-85(79)95)99(87-21-13-25-91-93(87)81-17-7-11-23-89(81)103-91)69-43-45-70(46-44-69)100(88-22-14-26-92-94(88)82-18-8-12-24-90(82)104-92)72-48-58-80-78-16-6-10-20-84(78)96(86(80)60-72,64-33-41-68(98)42-34-64)66-37-55-76(56-38-66)102-74-51-29-62(4-2)30-52-74/h3-60H,1-2H2. The van der Waals surface area contributed by atoms with Gasteiger partial charge in [-0.15, -0.1) is 0 Å². The summed E-state index contributed by atoms with van der Waals surface area (Å²) in [4.78, 5) is 4.68. The van der Waals surface area contributed by atoms with E-state index in [0.29, 0.717) is 23.0 Å². The predicted molar refractivity (Wildman–Crippen MR) is 418 cm³/mol. The third-order valence-corrected chi connectivity index (χ3v) is 21.0. The molecule has 2 atom stereocenters. The molecule has 0 amide bonds. The van der Waals surface area contributed by atoms with Crippen molar-refractivity contribution in [1.29, 1.82) is 0 Å². The molecule has 0 saturated carbocycles. The van der Waals surface area contributed by atoms with Gasteiger partial charge in [-0.2, -0.15) is 0 Å². The van der Waals surface area contributed by atoms with Crippen molar-refractivity contribution in [3.05, 3.63) is 420 Å². The summed E-state index contributed by atoms with van der Waals surface area (Å²) in [6.07, 6.45) is 3.63. The third kappa shape index (κ3) is 9.82. The van der Waals surface area contributed by atoms with Crippen molar-refractivity contribution in [3.8, 4) is 45.3 Å². The summed E-state index contributed by atoms with van der Waals surface area (Å²) in [7, 11) is 0. The summed E-state index contributed by atoms with van der Waals surface area (Å²) in [5.41, 5.74) is 20.9. The van der Waals surface area contributed by atoms with Crippen LogP contribution in [0, 0.1) is 11.6 Å². The Morgan fingerprint density at radius 3 is 0.990 bits per heavy atom. The molecule has 0 aliphatic heterocycles. The molecular weight excluding hydrogens is 1280 g/mol. The lowest BCUT2D eigenvalue weighted by Crippen LogP contribution is -2.29. The zero-order chi connectivity index (χ0) is 69.6. The molecule has 15 aromatic carbocycles. The van der Waals surface area contributed by atoms with Crippen molar-refractivity contribution in [3.63, 3.8) is 0 Å². The number of benzene rings is 15. The van der Waals surface area contributed by atoms with Crippen molar-refractivity contribution >= 4 is 90.2 Å². The van der Waals surface area contributed by atoms with Crippen LogP contribution in [0.1, 0.15) is 55.6 Å². The lowest BCUT2D eigenvalue weighted by atomic mass is 9.67. The lowest BCUT2D eigenvalue weighted by Gasteiger charge is -2.35. The molecular formula is C96H62F2N2O4. The van der Waals surface area contributed by atoms with Crippen LogP contribution in [-0.2, 0) is 10.8 Å². The van der Waals surface area contributed by atoms with Gasteiger partial charge < -0.3 is 28.1 Å². The molecule has 2 heterocycles. The zero-order valence-corrected chi connectivity index (χ0v) is 56.2. The Bertz CT molecular complexity index is 5840. The van der Waals surface area contributed by atoms with E-state index in [1.807, 2.05) is 146 Å². The minimum absolute atomic E-state index is 0.321. The van der Waals surface area contributed by atoms with E-state index in [9.17, 15) is 0 Å². The molecule has 6 nitrogen and oxygen atoms in total. The first-order valence-corrected chi connectivity index (χ1v) is 34.8. The van der Waals surface area contributed by atoms with Gasteiger partial charge in [-0.1, -0.05) is 207 Å². The summed E-state index contributed by atoms with van der Waals surface area (Å²) in [5, 5.41) is 3.88. The molecule has 104 heavy (non-hydrogen) atoms. The van der Waals surface area contributed by atoms with Gasteiger partial charge >= 0.3 is 0 Å². The first kappa shape index (κ1) is 61.5. The maximum absolute atomic E-state index is 15.4. The van der Waals surface area contributed by atoms with Crippen LogP contribution in [0.5, 0.6) is 23.0 Å². The fraction of sp³-hybridized carbons (Fsp3) is 0.0208. The lowest BCUT2D eigenvalue weighted by molar-refractivity contribution is 0.482. The van der Waals surface area contributed by atoms with Gasteiger partial charge in [0.1, 0.15) is 57.0 Å². The van der Waals surface area contributed by atoms with E-state index in [2.05, 4.69) is 205 Å². The number of para-hydroxylation sites is 2.